The molecule has 1 aromatic heterocycles. The molecule has 0 bridgehead atoms. The number of nitrogens with zero attached hydrogens (tertiary/aromatic N) is 2. The van der Waals surface area contributed by atoms with Crippen LogP contribution in [0, 0.1) is 0 Å². The van der Waals surface area contributed by atoms with Gasteiger partial charge < -0.3 is 5.32 Å². The zero-order chi connectivity index (χ0) is 14.7. The van der Waals surface area contributed by atoms with Gasteiger partial charge in [-0.15, -0.1) is 0 Å². The van der Waals surface area contributed by atoms with E-state index in [1.807, 2.05) is 12.1 Å². The van der Waals surface area contributed by atoms with E-state index in [0.29, 0.717) is 11.2 Å². The van der Waals surface area contributed by atoms with E-state index in [4.69, 9.17) is 11.6 Å². The number of benzene rings is 1. The first kappa shape index (κ1) is 14.8. The van der Waals surface area contributed by atoms with Crippen molar-refractivity contribution in [2.24, 2.45) is 0 Å². The van der Waals surface area contributed by atoms with Gasteiger partial charge in [-0.25, -0.2) is 4.98 Å². The summed E-state index contributed by atoms with van der Waals surface area (Å²) in [6.07, 6.45) is 2.28. The SMILES string of the molecule is CCC[C@H](c1cc2ccccc2nc1Cl)N1CCNCC1. The molecular formula is C17H22ClN3. The first-order valence-electron chi connectivity index (χ1n) is 7.79. The number of hydrogen-bond donors (Lipinski definition) is 1. The van der Waals surface area contributed by atoms with Crippen LogP contribution in [-0.4, -0.2) is 36.1 Å². The normalized spacial score (nSPS) is 18.0. The van der Waals surface area contributed by atoms with Crippen LogP contribution in [0.2, 0.25) is 5.15 Å². The van der Waals surface area contributed by atoms with Crippen LogP contribution < -0.4 is 5.32 Å². The van der Waals surface area contributed by atoms with Crippen molar-refractivity contribution < 1.29 is 0 Å². The van der Waals surface area contributed by atoms with Gasteiger partial charge in [0.1, 0.15) is 5.15 Å². The summed E-state index contributed by atoms with van der Waals surface area (Å²) in [5.41, 5.74) is 2.15. The highest BCUT2D eigenvalue weighted by atomic mass is 35.5. The number of aromatic nitrogens is 1. The van der Waals surface area contributed by atoms with Gasteiger partial charge in [-0.1, -0.05) is 43.1 Å². The summed E-state index contributed by atoms with van der Waals surface area (Å²) in [7, 11) is 0. The van der Waals surface area contributed by atoms with Gasteiger partial charge in [0.2, 0.25) is 0 Å². The fraction of sp³-hybridized carbons (Fsp3) is 0.471. The molecule has 1 aromatic carbocycles. The lowest BCUT2D eigenvalue weighted by molar-refractivity contribution is 0.164. The maximum absolute atomic E-state index is 6.50. The average Bonchev–Trinajstić information content (AvgIpc) is 2.53. The number of fused-ring (bicyclic) bond motifs is 1. The highest BCUT2D eigenvalue weighted by molar-refractivity contribution is 6.30. The van der Waals surface area contributed by atoms with Crippen molar-refractivity contribution >= 4 is 22.5 Å². The van der Waals surface area contributed by atoms with Crippen LogP contribution in [0.15, 0.2) is 30.3 Å². The predicted molar refractivity (Wildman–Crippen MR) is 88.8 cm³/mol. The highest BCUT2D eigenvalue weighted by Crippen LogP contribution is 2.32. The van der Waals surface area contributed by atoms with Crippen molar-refractivity contribution in [3.05, 3.63) is 41.0 Å². The van der Waals surface area contributed by atoms with Gasteiger partial charge in [-0.05, 0) is 18.6 Å². The van der Waals surface area contributed by atoms with Gasteiger partial charge in [0.15, 0.2) is 0 Å². The Labute approximate surface area is 131 Å². The van der Waals surface area contributed by atoms with Crippen LogP contribution in [0.1, 0.15) is 31.4 Å². The Bertz CT molecular complexity index is 608. The monoisotopic (exact) mass is 303 g/mol. The van der Waals surface area contributed by atoms with E-state index in [1.54, 1.807) is 0 Å². The molecule has 1 aliphatic heterocycles. The minimum absolute atomic E-state index is 0.377. The van der Waals surface area contributed by atoms with Gasteiger partial charge in [0, 0.05) is 43.2 Å². The van der Waals surface area contributed by atoms with Gasteiger partial charge in [-0.2, -0.15) is 0 Å². The van der Waals surface area contributed by atoms with Crippen LogP contribution in [-0.2, 0) is 0 Å². The molecule has 0 amide bonds. The second-order valence-corrected chi connectivity index (χ2v) is 6.01. The lowest BCUT2D eigenvalue weighted by Gasteiger charge is -2.35. The van der Waals surface area contributed by atoms with E-state index in [-0.39, 0.29) is 0 Å². The van der Waals surface area contributed by atoms with Crippen molar-refractivity contribution in [3.8, 4) is 0 Å². The van der Waals surface area contributed by atoms with E-state index in [0.717, 1.165) is 44.5 Å². The molecule has 0 spiro atoms. The van der Waals surface area contributed by atoms with E-state index in [1.165, 1.54) is 10.9 Å². The van der Waals surface area contributed by atoms with Gasteiger partial charge in [-0.3, -0.25) is 4.90 Å². The summed E-state index contributed by atoms with van der Waals surface area (Å²) < 4.78 is 0. The fourth-order valence-corrected chi connectivity index (χ4v) is 3.42. The number of hydrogen-bond acceptors (Lipinski definition) is 3. The molecule has 112 valence electrons. The van der Waals surface area contributed by atoms with Crippen LogP contribution in [0.5, 0.6) is 0 Å². The standard InChI is InChI=1S/C17H22ClN3/c1-2-5-16(21-10-8-19-9-11-21)14-12-13-6-3-4-7-15(13)20-17(14)18/h3-4,6-7,12,16,19H,2,5,8-11H2,1H3/t16-/m1/s1. The molecule has 4 heteroatoms. The molecule has 1 N–H and O–H groups in total. The Hall–Kier alpha value is -1.16. The second-order valence-electron chi connectivity index (χ2n) is 5.65. The molecule has 1 atom stereocenters. The number of piperazine rings is 1. The highest BCUT2D eigenvalue weighted by Gasteiger charge is 2.24. The Morgan fingerprint density at radius 3 is 2.81 bits per heavy atom. The molecule has 21 heavy (non-hydrogen) atoms. The van der Waals surface area contributed by atoms with E-state index in [9.17, 15) is 0 Å². The smallest absolute Gasteiger partial charge is 0.134 e. The molecule has 2 heterocycles. The number of para-hydroxylation sites is 1. The van der Waals surface area contributed by atoms with Gasteiger partial charge >= 0.3 is 0 Å². The van der Waals surface area contributed by atoms with Gasteiger partial charge in [0.05, 0.1) is 5.52 Å². The Morgan fingerprint density at radius 2 is 2.05 bits per heavy atom. The average molecular weight is 304 g/mol. The Kier molecular flexibility index (Phi) is 4.73. The van der Waals surface area contributed by atoms with E-state index >= 15 is 0 Å². The number of pyridine rings is 1. The number of halogens is 1. The maximum Gasteiger partial charge on any atom is 0.134 e. The van der Waals surface area contributed by atoms with Crippen LogP contribution in [0.25, 0.3) is 10.9 Å². The number of nitrogens with one attached hydrogen (secondary N) is 1. The third-order valence-corrected chi connectivity index (χ3v) is 4.52. The summed E-state index contributed by atoms with van der Waals surface area (Å²) in [5, 5.41) is 5.25. The fourth-order valence-electron chi connectivity index (χ4n) is 3.14. The zero-order valence-corrected chi connectivity index (χ0v) is 13.2. The Balaban J connectivity index is 1.99. The second kappa shape index (κ2) is 6.73. The summed E-state index contributed by atoms with van der Waals surface area (Å²) in [6, 6.07) is 10.8. The molecule has 0 unspecified atom stereocenters. The van der Waals surface area contributed by atoms with Crippen molar-refractivity contribution in [3.63, 3.8) is 0 Å². The predicted octanol–water partition coefficient (Wildman–Crippen LogP) is 3.63. The van der Waals surface area contributed by atoms with E-state index < -0.39 is 0 Å². The molecule has 2 aromatic rings. The number of rotatable bonds is 4. The lowest BCUT2D eigenvalue weighted by Crippen LogP contribution is -2.45. The minimum atomic E-state index is 0.377. The molecule has 1 aliphatic rings. The van der Waals surface area contributed by atoms with Crippen LogP contribution in [0.3, 0.4) is 0 Å². The molecule has 3 nitrogen and oxygen atoms in total. The molecule has 0 saturated carbocycles. The molecule has 3 rings (SSSR count). The molecule has 0 aliphatic carbocycles. The Morgan fingerprint density at radius 1 is 1.29 bits per heavy atom. The molecule has 0 radical (unpaired) electrons. The largest absolute Gasteiger partial charge is 0.314 e. The first-order valence-corrected chi connectivity index (χ1v) is 8.17. The first-order chi connectivity index (χ1) is 10.3. The summed E-state index contributed by atoms with van der Waals surface area (Å²) >= 11 is 6.50. The molecule has 1 saturated heterocycles. The quantitative estimate of drug-likeness (QED) is 0.874. The molecular weight excluding hydrogens is 282 g/mol. The van der Waals surface area contributed by atoms with Crippen LogP contribution in [0.4, 0.5) is 0 Å². The van der Waals surface area contributed by atoms with Crippen molar-refractivity contribution in [1.29, 1.82) is 0 Å². The maximum atomic E-state index is 6.50. The van der Waals surface area contributed by atoms with Crippen molar-refractivity contribution in [1.82, 2.24) is 15.2 Å². The lowest BCUT2D eigenvalue weighted by atomic mass is 10.00. The van der Waals surface area contributed by atoms with Gasteiger partial charge in [0.25, 0.3) is 0 Å². The minimum Gasteiger partial charge on any atom is -0.314 e. The summed E-state index contributed by atoms with van der Waals surface area (Å²) in [5.74, 6) is 0. The third kappa shape index (κ3) is 3.20. The van der Waals surface area contributed by atoms with Crippen LogP contribution >= 0.6 is 11.6 Å². The van der Waals surface area contributed by atoms with Crippen molar-refractivity contribution in [2.45, 2.75) is 25.8 Å². The molecule has 1 fully saturated rings. The summed E-state index contributed by atoms with van der Waals surface area (Å²) in [4.78, 5) is 7.14. The third-order valence-electron chi connectivity index (χ3n) is 4.22. The zero-order valence-electron chi connectivity index (χ0n) is 12.5. The topological polar surface area (TPSA) is 28.2 Å². The summed E-state index contributed by atoms with van der Waals surface area (Å²) in [6.45, 7) is 6.50. The van der Waals surface area contributed by atoms with Crippen molar-refractivity contribution in [2.75, 3.05) is 26.2 Å². The van der Waals surface area contributed by atoms with E-state index in [2.05, 4.69) is 40.3 Å².